The summed E-state index contributed by atoms with van der Waals surface area (Å²) in [6.45, 7) is 0.475. The van der Waals surface area contributed by atoms with Crippen LogP contribution in [0.3, 0.4) is 0 Å². The highest BCUT2D eigenvalue weighted by Gasteiger charge is 2.39. The summed E-state index contributed by atoms with van der Waals surface area (Å²) in [5.41, 5.74) is 1.22. The van der Waals surface area contributed by atoms with E-state index in [0.717, 1.165) is 0 Å². The molecule has 1 aromatic heterocycles. The summed E-state index contributed by atoms with van der Waals surface area (Å²) in [5, 5.41) is -0.608. The van der Waals surface area contributed by atoms with Gasteiger partial charge in [0, 0.05) is 37.0 Å². The molecule has 1 fully saturated rings. The molecular weight excluding hydrogens is 342 g/mol. The number of pyridine rings is 1. The summed E-state index contributed by atoms with van der Waals surface area (Å²) in [7, 11) is -2.04. The maximum atomic E-state index is 12.4. The minimum Gasteiger partial charge on any atom is -0.481 e. The third-order valence-electron chi connectivity index (χ3n) is 4.10. The lowest BCUT2D eigenvalue weighted by Gasteiger charge is -2.38. The number of likely N-dealkylation sites (tertiary alicyclic amines) is 1. The number of sulfonamides is 1. The number of hydrogen-bond donors (Lipinski definition) is 1. The van der Waals surface area contributed by atoms with Crippen molar-refractivity contribution in [1.82, 2.24) is 14.6 Å². The first-order valence-electron chi connectivity index (χ1n) is 7.82. The van der Waals surface area contributed by atoms with Crippen LogP contribution in [0.2, 0.25) is 0 Å². The van der Waals surface area contributed by atoms with Gasteiger partial charge in [0.05, 0.1) is 7.11 Å². The van der Waals surface area contributed by atoms with Crippen molar-refractivity contribution in [3.63, 3.8) is 0 Å². The third kappa shape index (κ3) is 3.80. The van der Waals surface area contributed by atoms with Crippen molar-refractivity contribution < 1.29 is 17.9 Å². The van der Waals surface area contributed by atoms with Crippen molar-refractivity contribution in [3.05, 3.63) is 59.8 Å². The highest BCUT2D eigenvalue weighted by molar-refractivity contribution is 7.90. The number of rotatable bonds is 6. The molecule has 1 N–H and O–H groups in total. The van der Waals surface area contributed by atoms with Crippen LogP contribution < -0.4 is 9.46 Å². The zero-order chi connectivity index (χ0) is 17.9. The van der Waals surface area contributed by atoms with Gasteiger partial charge in [-0.15, -0.1) is 0 Å². The second kappa shape index (κ2) is 7.20. The first-order valence-corrected chi connectivity index (χ1v) is 9.36. The maximum Gasteiger partial charge on any atom is 0.253 e. The predicted molar refractivity (Wildman–Crippen MR) is 92.7 cm³/mol. The van der Waals surface area contributed by atoms with Crippen LogP contribution in [-0.2, 0) is 16.6 Å². The van der Waals surface area contributed by atoms with Crippen LogP contribution >= 0.6 is 0 Å². The number of nitrogens with one attached hydrogen (secondary N) is 1. The van der Waals surface area contributed by atoms with E-state index in [9.17, 15) is 13.2 Å². The van der Waals surface area contributed by atoms with Crippen LogP contribution in [0.1, 0.15) is 15.9 Å². The molecule has 1 aliphatic heterocycles. The van der Waals surface area contributed by atoms with Gasteiger partial charge in [-0.05, 0) is 18.2 Å². The summed E-state index contributed by atoms with van der Waals surface area (Å²) < 4.78 is 32.4. The Bertz CT molecular complexity index is 849. The van der Waals surface area contributed by atoms with Gasteiger partial charge in [0.15, 0.2) is 0 Å². The average Bonchev–Trinajstić information content (AvgIpc) is 2.59. The Morgan fingerprint density at radius 2 is 1.96 bits per heavy atom. The monoisotopic (exact) mass is 361 g/mol. The zero-order valence-corrected chi connectivity index (χ0v) is 14.6. The van der Waals surface area contributed by atoms with Gasteiger partial charge in [-0.3, -0.25) is 4.79 Å². The van der Waals surface area contributed by atoms with E-state index in [1.807, 2.05) is 6.07 Å². The second-order valence-corrected chi connectivity index (χ2v) is 7.78. The molecule has 0 atom stereocenters. The van der Waals surface area contributed by atoms with E-state index in [1.54, 1.807) is 42.6 Å². The van der Waals surface area contributed by atoms with Gasteiger partial charge in [0.25, 0.3) is 5.91 Å². The Morgan fingerprint density at radius 3 is 2.64 bits per heavy atom. The van der Waals surface area contributed by atoms with E-state index in [-0.39, 0.29) is 25.5 Å². The number of aromatic nitrogens is 1. The molecule has 1 saturated heterocycles. The molecule has 8 heteroatoms. The van der Waals surface area contributed by atoms with E-state index in [0.29, 0.717) is 17.0 Å². The van der Waals surface area contributed by atoms with Gasteiger partial charge < -0.3 is 9.64 Å². The van der Waals surface area contributed by atoms with Crippen molar-refractivity contribution in [2.24, 2.45) is 0 Å². The minimum absolute atomic E-state index is 0.0997. The molecule has 0 spiro atoms. The number of carbonyl (C=O) groups excluding carboxylic acids is 1. The number of amides is 1. The molecule has 25 heavy (non-hydrogen) atoms. The smallest absolute Gasteiger partial charge is 0.253 e. The fraction of sp³-hybridized carbons (Fsp3) is 0.294. The van der Waals surface area contributed by atoms with Crippen LogP contribution in [0.25, 0.3) is 0 Å². The number of nitrogens with zero attached hydrogens (tertiary/aromatic N) is 2. The van der Waals surface area contributed by atoms with Crippen molar-refractivity contribution in [1.29, 1.82) is 0 Å². The van der Waals surface area contributed by atoms with Crippen LogP contribution in [0, 0.1) is 0 Å². The van der Waals surface area contributed by atoms with Gasteiger partial charge in [0.1, 0.15) is 5.25 Å². The first-order chi connectivity index (χ1) is 12.0. The van der Waals surface area contributed by atoms with Crippen LogP contribution in [0.15, 0.2) is 48.7 Å². The Labute approximate surface area is 146 Å². The van der Waals surface area contributed by atoms with Crippen molar-refractivity contribution in [2.45, 2.75) is 11.8 Å². The van der Waals surface area contributed by atoms with Gasteiger partial charge in [-0.2, -0.15) is 0 Å². The summed E-state index contributed by atoms with van der Waals surface area (Å²) in [5.74, 6) is 0.237. The molecule has 7 nitrogen and oxygen atoms in total. The Hall–Kier alpha value is -2.45. The standard InChI is InChI=1S/C17H19N3O4S/c1-24-16-14(8-5-9-18-16)10-19-25(22,23)15-11-20(12-15)17(21)13-6-3-2-4-7-13/h2-9,15,19H,10-12H2,1H3. The maximum absolute atomic E-state index is 12.4. The number of benzene rings is 1. The van der Waals surface area contributed by atoms with Crippen molar-refractivity contribution >= 4 is 15.9 Å². The predicted octanol–water partition coefficient (Wildman–Crippen LogP) is 1.03. The lowest BCUT2D eigenvalue weighted by molar-refractivity contribution is 0.0658. The van der Waals surface area contributed by atoms with Crippen molar-refractivity contribution in [3.8, 4) is 5.88 Å². The second-order valence-electron chi connectivity index (χ2n) is 5.74. The molecule has 0 unspecified atom stereocenters. The quantitative estimate of drug-likeness (QED) is 0.830. The molecular formula is C17H19N3O4S. The molecule has 0 saturated carbocycles. The average molecular weight is 361 g/mol. The van der Waals surface area contributed by atoms with Gasteiger partial charge in [-0.25, -0.2) is 18.1 Å². The fourth-order valence-electron chi connectivity index (χ4n) is 2.60. The van der Waals surface area contributed by atoms with Crippen LogP contribution in [-0.4, -0.2) is 49.7 Å². The Balaban J connectivity index is 1.57. The normalized spacial score (nSPS) is 14.8. The molecule has 2 heterocycles. The van der Waals surface area contributed by atoms with Gasteiger partial charge >= 0.3 is 0 Å². The highest BCUT2D eigenvalue weighted by atomic mass is 32.2. The zero-order valence-electron chi connectivity index (χ0n) is 13.8. The molecule has 1 amide bonds. The largest absolute Gasteiger partial charge is 0.481 e. The summed E-state index contributed by atoms with van der Waals surface area (Å²) in [6, 6.07) is 12.3. The molecule has 132 valence electrons. The van der Waals surface area contributed by atoms with E-state index in [2.05, 4.69) is 9.71 Å². The number of ether oxygens (including phenoxy) is 1. The van der Waals surface area contributed by atoms with Crippen LogP contribution in [0.5, 0.6) is 5.88 Å². The topological polar surface area (TPSA) is 88.6 Å². The van der Waals surface area contributed by atoms with E-state index < -0.39 is 15.3 Å². The van der Waals surface area contributed by atoms with E-state index in [1.165, 1.54) is 12.0 Å². The molecule has 0 radical (unpaired) electrons. The lowest BCUT2D eigenvalue weighted by Crippen LogP contribution is -2.59. The molecule has 3 rings (SSSR count). The van der Waals surface area contributed by atoms with Crippen molar-refractivity contribution in [2.75, 3.05) is 20.2 Å². The lowest BCUT2D eigenvalue weighted by atomic mass is 10.1. The van der Waals surface area contributed by atoms with E-state index >= 15 is 0 Å². The summed E-state index contributed by atoms with van der Waals surface area (Å²) in [6.07, 6.45) is 1.58. The summed E-state index contributed by atoms with van der Waals surface area (Å²) >= 11 is 0. The molecule has 0 bridgehead atoms. The Kier molecular flexibility index (Phi) is 5.00. The Morgan fingerprint density at radius 1 is 1.24 bits per heavy atom. The van der Waals surface area contributed by atoms with Gasteiger partial charge in [-0.1, -0.05) is 24.3 Å². The fourth-order valence-corrected chi connectivity index (χ4v) is 3.95. The molecule has 1 aromatic carbocycles. The highest BCUT2D eigenvalue weighted by Crippen LogP contribution is 2.20. The number of carbonyl (C=O) groups is 1. The molecule has 2 aromatic rings. The van der Waals surface area contributed by atoms with Gasteiger partial charge in [0.2, 0.25) is 15.9 Å². The first kappa shape index (κ1) is 17.4. The molecule has 0 aliphatic carbocycles. The van der Waals surface area contributed by atoms with E-state index in [4.69, 9.17) is 4.74 Å². The third-order valence-corrected chi connectivity index (χ3v) is 5.82. The number of hydrogen-bond acceptors (Lipinski definition) is 5. The molecule has 1 aliphatic rings. The van der Waals surface area contributed by atoms with Crippen LogP contribution in [0.4, 0.5) is 0 Å². The SMILES string of the molecule is COc1ncccc1CNS(=O)(=O)C1CN(C(=O)c2ccccc2)C1. The minimum atomic E-state index is -3.52. The number of methoxy groups -OCH3 is 1. The summed E-state index contributed by atoms with van der Waals surface area (Å²) in [4.78, 5) is 17.8.